The van der Waals surface area contributed by atoms with Gasteiger partial charge in [0.25, 0.3) is 0 Å². The second kappa shape index (κ2) is 6.40. The topological polar surface area (TPSA) is 40.7 Å². The molecule has 0 radical (unpaired) electrons. The van der Waals surface area contributed by atoms with E-state index in [-0.39, 0.29) is 24.8 Å². The van der Waals surface area contributed by atoms with Crippen LogP contribution in [0.25, 0.3) is 10.6 Å². The third kappa shape index (κ3) is 3.01. The highest BCUT2D eigenvalue weighted by Crippen LogP contribution is 2.26. The molecule has 17 heavy (non-hydrogen) atoms. The predicted molar refractivity (Wildman–Crippen MR) is 76.4 cm³/mol. The van der Waals surface area contributed by atoms with Crippen molar-refractivity contribution in [1.29, 1.82) is 0 Å². The highest BCUT2D eigenvalue weighted by Gasteiger charge is 2.19. The number of hydrogen-bond donors (Lipinski definition) is 2. The first-order valence-corrected chi connectivity index (χ1v) is 6.13. The van der Waals surface area contributed by atoms with Gasteiger partial charge in [0, 0.05) is 0 Å². The van der Waals surface area contributed by atoms with Crippen LogP contribution in [-0.2, 0) is 0 Å². The summed E-state index contributed by atoms with van der Waals surface area (Å²) in [6.45, 7) is 1.11. The lowest BCUT2D eigenvalue weighted by Gasteiger charge is -2.04. The van der Waals surface area contributed by atoms with Crippen molar-refractivity contribution in [3.63, 3.8) is 0 Å². The second-order valence-electron chi connectivity index (χ2n) is 3.81. The van der Waals surface area contributed by atoms with E-state index in [0.717, 1.165) is 18.1 Å². The summed E-state index contributed by atoms with van der Waals surface area (Å²) >= 11 is 1.74. The Balaban J connectivity index is 0.000000722. The van der Waals surface area contributed by atoms with Crippen molar-refractivity contribution in [3.05, 3.63) is 29.5 Å². The van der Waals surface area contributed by atoms with E-state index >= 15 is 0 Å². The molecule has 0 aliphatic carbocycles. The fourth-order valence-corrected chi connectivity index (χ4v) is 2.68. The first kappa shape index (κ1) is 14.5. The van der Waals surface area contributed by atoms with Crippen LogP contribution in [0.3, 0.4) is 0 Å². The van der Waals surface area contributed by atoms with Crippen LogP contribution in [-0.4, -0.2) is 16.5 Å². The molecule has 1 aliphatic heterocycles. The number of hydrogen-bond acceptors (Lipinski definition) is 3. The molecule has 1 atom stereocenters. The Morgan fingerprint density at radius 3 is 2.88 bits per heavy atom. The van der Waals surface area contributed by atoms with Gasteiger partial charge in [0.05, 0.1) is 22.8 Å². The molecule has 3 nitrogen and oxygen atoms in total. The molecule has 1 unspecified atom stereocenters. The maximum atomic E-state index is 4.44. The SMILES string of the molecule is Cl.Cl.c1csc(-c2cnc(C3CCCN3)[nH]2)c1. The van der Waals surface area contributed by atoms with Crippen LogP contribution in [0.4, 0.5) is 0 Å². The molecular formula is C11H15Cl2N3S. The largest absolute Gasteiger partial charge is 0.340 e. The molecule has 2 N–H and O–H groups in total. The standard InChI is InChI=1S/C11H13N3S.2ClH/c1-3-8(12-5-1)11-13-7-9(14-11)10-4-2-6-15-10;;/h2,4,6-8,12H,1,3,5H2,(H,13,14);2*1H. The summed E-state index contributed by atoms with van der Waals surface area (Å²) in [4.78, 5) is 9.09. The van der Waals surface area contributed by atoms with Gasteiger partial charge in [-0.1, -0.05) is 6.07 Å². The van der Waals surface area contributed by atoms with Crippen molar-refractivity contribution in [2.75, 3.05) is 6.54 Å². The van der Waals surface area contributed by atoms with E-state index in [9.17, 15) is 0 Å². The summed E-state index contributed by atoms with van der Waals surface area (Å²) in [7, 11) is 0. The molecule has 6 heteroatoms. The minimum Gasteiger partial charge on any atom is -0.340 e. The van der Waals surface area contributed by atoms with Gasteiger partial charge in [0.2, 0.25) is 0 Å². The normalized spacial score (nSPS) is 18.5. The number of aromatic nitrogens is 2. The number of rotatable bonds is 2. The Bertz CT molecular complexity index is 435. The van der Waals surface area contributed by atoms with Gasteiger partial charge < -0.3 is 10.3 Å². The van der Waals surface area contributed by atoms with Crippen LogP contribution in [0.2, 0.25) is 0 Å². The van der Waals surface area contributed by atoms with E-state index in [1.807, 2.05) is 6.20 Å². The number of H-pyrrole nitrogens is 1. The zero-order chi connectivity index (χ0) is 10.1. The van der Waals surface area contributed by atoms with Crippen molar-refractivity contribution in [2.24, 2.45) is 0 Å². The molecule has 1 saturated heterocycles. The molecule has 0 amide bonds. The van der Waals surface area contributed by atoms with Gasteiger partial charge in [0.1, 0.15) is 5.82 Å². The molecule has 94 valence electrons. The lowest BCUT2D eigenvalue weighted by molar-refractivity contribution is 0.613. The monoisotopic (exact) mass is 291 g/mol. The van der Waals surface area contributed by atoms with Gasteiger partial charge in [0.15, 0.2) is 0 Å². The van der Waals surface area contributed by atoms with E-state index in [0.29, 0.717) is 6.04 Å². The average molecular weight is 292 g/mol. The maximum absolute atomic E-state index is 4.44. The molecule has 1 aliphatic rings. The number of halogens is 2. The summed E-state index contributed by atoms with van der Waals surface area (Å²) in [6.07, 6.45) is 4.37. The Morgan fingerprint density at radius 2 is 2.24 bits per heavy atom. The summed E-state index contributed by atoms with van der Waals surface area (Å²) < 4.78 is 0. The van der Waals surface area contributed by atoms with Crippen LogP contribution >= 0.6 is 36.2 Å². The molecule has 0 spiro atoms. The zero-order valence-corrected chi connectivity index (χ0v) is 11.6. The van der Waals surface area contributed by atoms with Gasteiger partial charge in [-0.05, 0) is 30.8 Å². The van der Waals surface area contributed by atoms with Gasteiger partial charge in [-0.3, -0.25) is 0 Å². The molecule has 2 aromatic rings. The van der Waals surface area contributed by atoms with Crippen LogP contribution in [0.5, 0.6) is 0 Å². The fourth-order valence-electron chi connectivity index (χ4n) is 1.99. The Labute approximate surface area is 117 Å². The maximum Gasteiger partial charge on any atom is 0.123 e. The van der Waals surface area contributed by atoms with Crippen molar-refractivity contribution in [1.82, 2.24) is 15.3 Å². The van der Waals surface area contributed by atoms with E-state index < -0.39 is 0 Å². The third-order valence-electron chi connectivity index (χ3n) is 2.77. The van der Waals surface area contributed by atoms with Crippen molar-refractivity contribution >= 4 is 36.2 Å². The highest BCUT2D eigenvalue weighted by molar-refractivity contribution is 7.13. The van der Waals surface area contributed by atoms with Gasteiger partial charge in [-0.2, -0.15) is 0 Å². The molecule has 3 rings (SSSR count). The number of nitrogens with one attached hydrogen (secondary N) is 2. The van der Waals surface area contributed by atoms with Crippen LogP contribution < -0.4 is 5.32 Å². The summed E-state index contributed by atoms with van der Waals surface area (Å²) in [5, 5.41) is 5.53. The smallest absolute Gasteiger partial charge is 0.123 e. The number of imidazole rings is 1. The summed E-state index contributed by atoms with van der Waals surface area (Å²) in [6, 6.07) is 4.61. The molecule has 1 fully saturated rings. The number of aromatic amines is 1. The van der Waals surface area contributed by atoms with E-state index in [4.69, 9.17) is 0 Å². The lowest BCUT2D eigenvalue weighted by Crippen LogP contribution is -2.14. The quantitative estimate of drug-likeness (QED) is 0.890. The summed E-state index contributed by atoms with van der Waals surface area (Å²) in [5.74, 6) is 1.08. The Kier molecular flexibility index (Phi) is 5.46. The highest BCUT2D eigenvalue weighted by atomic mass is 35.5. The fraction of sp³-hybridized carbons (Fsp3) is 0.364. The predicted octanol–water partition coefficient (Wildman–Crippen LogP) is 3.41. The van der Waals surface area contributed by atoms with Crippen molar-refractivity contribution in [3.8, 4) is 10.6 Å². The van der Waals surface area contributed by atoms with Crippen molar-refractivity contribution < 1.29 is 0 Å². The number of nitrogens with zero attached hydrogens (tertiary/aromatic N) is 1. The molecule has 0 aromatic carbocycles. The molecule has 3 heterocycles. The minimum absolute atomic E-state index is 0. The Morgan fingerprint density at radius 1 is 1.35 bits per heavy atom. The first-order valence-electron chi connectivity index (χ1n) is 5.25. The van der Waals surface area contributed by atoms with E-state index in [2.05, 4.69) is 32.8 Å². The van der Waals surface area contributed by atoms with Crippen LogP contribution in [0.15, 0.2) is 23.7 Å². The average Bonchev–Trinajstić information content (AvgIpc) is 3.02. The zero-order valence-electron chi connectivity index (χ0n) is 9.18. The first-order chi connectivity index (χ1) is 7.43. The van der Waals surface area contributed by atoms with Crippen molar-refractivity contribution in [2.45, 2.75) is 18.9 Å². The van der Waals surface area contributed by atoms with E-state index in [1.54, 1.807) is 11.3 Å². The van der Waals surface area contributed by atoms with Crippen LogP contribution in [0, 0.1) is 0 Å². The minimum atomic E-state index is 0. The van der Waals surface area contributed by atoms with Gasteiger partial charge >= 0.3 is 0 Å². The van der Waals surface area contributed by atoms with Gasteiger partial charge in [-0.25, -0.2) is 4.98 Å². The summed E-state index contributed by atoms with van der Waals surface area (Å²) in [5.41, 5.74) is 1.13. The molecule has 0 saturated carbocycles. The lowest BCUT2D eigenvalue weighted by atomic mass is 10.2. The van der Waals surface area contributed by atoms with Crippen LogP contribution in [0.1, 0.15) is 24.7 Å². The Hall–Kier alpha value is -0.550. The molecule has 2 aromatic heterocycles. The third-order valence-corrected chi connectivity index (χ3v) is 3.68. The molecular weight excluding hydrogens is 277 g/mol. The number of thiophene rings is 1. The van der Waals surface area contributed by atoms with E-state index in [1.165, 1.54) is 17.7 Å². The van der Waals surface area contributed by atoms with Gasteiger partial charge in [-0.15, -0.1) is 36.2 Å². The molecule has 0 bridgehead atoms. The second-order valence-corrected chi connectivity index (χ2v) is 4.76.